The summed E-state index contributed by atoms with van der Waals surface area (Å²) < 4.78 is 6.34. The molecule has 1 aliphatic rings. The van der Waals surface area contributed by atoms with E-state index in [4.69, 9.17) is 4.74 Å². The van der Waals surface area contributed by atoms with Crippen molar-refractivity contribution >= 4 is 15.9 Å². The van der Waals surface area contributed by atoms with Gasteiger partial charge in [-0.2, -0.15) is 0 Å². The zero-order valence-electron chi connectivity index (χ0n) is 13.4. The second-order valence-electron chi connectivity index (χ2n) is 5.98. The summed E-state index contributed by atoms with van der Waals surface area (Å²) in [4.78, 5) is 2.61. The maximum atomic E-state index is 5.31. The predicted molar refractivity (Wildman–Crippen MR) is 91.9 cm³/mol. The molecule has 4 heteroatoms. The minimum atomic E-state index is 0.625. The van der Waals surface area contributed by atoms with Crippen molar-refractivity contribution in [2.45, 2.75) is 51.7 Å². The van der Waals surface area contributed by atoms with Crippen LogP contribution in [0.4, 0.5) is 0 Å². The van der Waals surface area contributed by atoms with Crippen LogP contribution in [-0.2, 0) is 6.54 Å². The van der Waals surface area contributed by atoms with E-state index in [1.807, 2.05) is 6.07 Å². The molecule has 0 radical (unpaired) electrons. The summed E-state index contributed by atoms with van der Waals surface area (Å²) in [7, 11) is 1.71. The smallest absolute Gasteiger partial charge is 0.133 e. The Bertz CT molecular complexity index is 452. The van der Waals surface area contributed by atoms with Crippen molar-refractivity contribution in [2.24, 2.45) is 0 Å². The van der Waals surface area contributed by atoms with Gasteiger partial charge >= 0.3 is 0 Å². The van der Waals surface area contributed by atoms with Crippen LogP contribution in [0.15, 0.2) is 22.7 Å². The van der Waals surface area contributed by atoms with E-state index in [-0.39, 0.29) is 0 Å². The van der Waals surface area contributed by atoms with E-state index in [2.05, 4.69) is 52.1 Å². The van der Waals surface area contributed by atoms with Crippen molar-refractivity contribution in [1.82, 2.24) is 10.2 Å². The van der Waals surface area contributed by atoms with E-state index in [1.165, 1.54) is 24.8 Å². The Morgan fingerprint density at radius 1 is 1.43 bits per heavy atom. The number of halogens is 1. The number of nitrogens with one attached hydrogen (secondary N) is 1. The highest BCUT2D eigenvalue weighted by atomic mass is 79.9. The highest BCUT2D eigenvalue weighted by molar-refractivity contribution is 9.10. The van der Waals surface area contributed by atoms with Gasteiger partial charge in [0, 0.05) is 25.2 Å². The summed E-state index contributed by atoms with van der Waals surface area (Å²) >= 11 is 3.58. The van der Waals surface area contributed by atoms with Crippen LogP contribution in [0.3, 0.4) is 0 Å². The number of benzene rings is 1. The molecule has 1 aromatic carbocycles. The van der Waals surface area contributed by atoms with Crippen LogP contribution in [0, 0.1) is 0 Å². The standard InChI is InChI=1S/C17H27BrN2O/c1-4-5-15-12-20(13(2)8-9-19-15)11-14-6-7-17(21-3)16(18)10-14/h6-7,10,13,15,19H,4-5,8-9,11-12H2,1-3H3. The molecule has 0 saturated carbocycles. The third kappa shape index (κ3) is 4.70. The fourth-order valence-corrected chi connectivity index (χ4v) is 3.60. The molecule has 118 valence electrons. The maximum Gasteiger partial charge on any atom is 0.133 e. The molecule has 0 aromatic heterocycles. The maximum absolute atomic E-state index is 5.31. The summed E-state index contributed by atoms with van der Waals surface area (Å²) in [5.41, 5.74) is 1.34. The van der Waals surface area contributed by atoms with Crippen LogP contribution in [0.1, 0.15) is 38.7 Å². The van der Waals surface area contributed by atoms with E-state index >= 15 is 0 Å². The molecule has 3 nitrogen and oxygen atoms in total. The van der Waals surface area contributed by atoms with Gasteiger partial charge in [0.1, 0.15) is 5.75 Å². The van der Waals surface area contributed by atoms with Gasteiger partial charge in [0.2, 0.25) is 0 Å². The molecule has 0 aliphatic carbocycles. The summed E-state index contributed by atoms with van der Waals surface area (Å²) in [5.74, 6) is 0.896. The van der Waals surface area contributed by atoms with Crippen LogP contribution < -0.4 is 10.1 Å². The lowest BCUT2D eigenvalue weighted by Gasteiger charge is -2.29. The fourth-order valence-electron chi connectivity index (χ4n) is 3.01. The number of hydrogen-bond donors (Lipinski definition) is 1. The summed E-state index contributed by atoms with van der Waals surface area (Å²) in [5, 5.41) is 3.69. The average Bonchev–Trinajstić information content (AvgIpc) is 2.62. The van der Waals surface area contributed by atoms with E-state index in [0.717, 1.165) is 29.9 Å². The first-order valence-corrected chi connectivity index (χ1v) is 8.73. The molecule has 0 bridgehead atoms. The number of methoxy groups -OCH3 is 1. The van der Waals surface area contributed by atoms with Crippen molar-refractivity contribution in [2.75, 3.05) is 20.2 Å². The highest BCUT2D eigenvalue weighted by Crippen LogP contribution is 2.26. The number of rotatable bonds is 5. The van der Waals surface area contributed by atoms with Gasteiger partial charge in [-0.25, -0.2) is 0 Å². The molecule has 1 fully saturated rings. The van der Waals surface area contributed by atoms with Gasteiger partial charge < -0.3 is 10.1 Å². The molecule has 0 spiro atoms. The lowest BCUT2D eigenvalue weighted by Crippen LogP contribution is -2.39. The van der Waals surface area contributed by atoms with Crippen molar-refractivity contribution in [3.63, 3.8) is 0 Å². The Morgan fingerprint density at radius 2 is 2.24 bits per heavy atom. The highest BCUT2D eigenvalue weighted by Gasteiger charge is 2.22. The molecule has 1 N–H and O–H groups in total. The average molecular weight is 355 g/mol. The van der Waals surface area contributed by atoms with Gasteiger partial charge in [-0.1, -0.05) is 19.4 Å². The van der Waals surface area contributed by atoms with Gasteiger partial charge in [0.15, 0.2) is 0 Å². The van der Waals surface area contributed by atoms with Gasteiger partial charge in [-0.05, 0) is 59.9 Å². The molecule has 1 aromatic rings. The molecular weight excluding hydrogens is 328 g/mol. The Labute approximate surface area is 137 Å². The van der Waals surface area contributed by atoms with Crippen molar-refractivity contribution in [3.05, 3.63) is 28.2 Å². The summed E-state index contributed by atoms with van der Waals surface area (Å²) in [6, 6.07) is 7.65. The molecule has 1 saturated heterocycles. The molecule has 0 amide bonds. The molecular formula is C17H27BrN2O. The Balaban J connectivity index is 2.06. The normalized spacial score (nSPS) is 23.8. The van der Waals surface area contributed by atoms with Crippen molar-refractivity contribution in [1.29, 1.82) is 0 Å². The first-order chi connectivity index (χ1) is 10.1. The zero-order chi connectivity index (χ0) is 15.2. The molecule has 1 heterocycles. The molecule has 2 atom stereocenters. The van der Waals surface area contributed by atoms with Crippen LogP contribution in [0.5, 0.6) is 5.75 Å². The van der Waals surface area contributed by atoms with Gasteiger partial charge in [-0.15, -0.1) is 0 Å². The largest absolute Gasteiger partial charge is 0.496 e. The van der Waals surface area contributed by atoms with E-state index < -0.39 is 0 Å². The monoisotopic (exact) mass is 354 g/mol. The lowest BCUT2D eigenvalue weighted by atomic mass is 10.1. The van der Waals surface area contributed by atoms with Gasteiger partial charge in [0.05, 0.1) is 11.6 Å². The van der Waals surface area contributed by atoms with Gasteiger partial charge in [0.25, 0.3) is 0 Å². The zero-order valence-corrected chi connectivity index (χ0v) is 14.9. The molecule has 2 unspecified atom stereocenters. The Kier molecular flexibility index (Phi) is 6.52. The van der Waals surface area contributed by atoms with Crippen molar-refractivity contribution < 1.29 is 4.74 Å². The second kappa shape index (κ2) is 8.16. The molecule has 1 aliphatic heterocycles. The van der Waals surface area contributed by atoms with Crippen LogP contribution in [0.25, 0.3) is 0 Å². The predicted octanol–water partition coefficient (Wildman–Crippen LogP) is 3.81. The first kappa shape index (κ1) is 16.8. The van der Waals surface area contributed by atoms with Crippen LogP contribution in [0.2, 0.25) is 0 Å². The first-order valence-electron chi connectivity index (χ1n) is 7.94. The second-order valence-corrected chi connectivity index (χ2v) is 6.83. The van der Waals surface area contributed by atoms with E-state index in [9.17, 15) is 0 Å². The Morgan fingerprint density at radius 3 is 2.90 bits per heavy atom. The van der Waals surface area contributed by atoms with Crippen LogP contribution in [-0.4, -0.2) is 37.2 Å². The number of nitrogens with zero attached hydrogens (tertiary/aromatic N) is 1. The molecule has 21 heavy (non-hydrogen) atoms. The topological polar surface area (TPSA) is 24.5 Å². The third-order valence-corrected chi connectivity index (χ3v) is 4.93. The minimum Gasteiger partial charge on any atom is -0.496 e. The summed E-state index contributed by atoms with van der Waals surface area (Å²) in [6.45, 7) is 7.88. The number of ether oxygens (including phenoxy) is 1. The third-order valence-electron chi connectivity index (χ3n) is 4.31. The minimum absolute atomic E-state index is 0.625. The van der Waals surface area contributed by atoms with Crippen molar-refractivity contribution in [3.8, 4) is 5.75 Å². The fraction of sp³-hybridized carbons (Fsp3) is 0.647. The van der Waals surface area contributed by atoms with E-state index in [1.54, 1.807) is 7.11 Å². The van der Waals surface area contributed by atoms with E-state index in [0.29, 0.717) is 12.1 Å². The quantitative estimate of drug-likeness (QED) is 0.869. The SMILES string of the molecule is CCCC1CN(Cc2ccc(OC)c(Br)c2)C(C)CCN1. The lowest BCUT2D eigenvalue weighted by molar-refractivity contribution is 0.193. The van der Waals surface area contributed by atoms with Gasteiger partial charge in [-0.3, -0.25) is 4.90 Å². The number of hydrogen-bond acceptors (Lipinski definition) is 3. The van der Waals surface area contributed by atoms with Crippen LogP contribution >= 0.6 is 15.9 Å². The molecule has 2 rings (SSSR count). The summed E-state index contributed by atoms with van der Waals surface area (Å²) in [6.07, 6.45) is 3.72. The Hall–Kier alpha value is -0.580.